The van der Waals surface area contributed by atoms with Crippen LogP contribution in [-0.4, -0.2) is 22.2 Å². The van der Waals surface area contributed by atoms with Gasteiger partial charge in [0.25, 0.3) is 0 Å². The summed E-state index contributed by atoms with van der Waals surface area (Å²) >= 11 is 0. The first kappa shape index (κ1) is 21.8. The van der Waals surface area contributed by atoms with Gasteiger partial charge in [0.05, 0.1) is 0 Å². The molecule has 2 aliphatic rings. The second kappa shape index (κ2) is 7.76. The van der Waals surface area contributed by atoms with E-state index in [9.17, 15) is 21.6 Å². The van der Waals surface area contributed by atoms with E-state index in [4.69, 9.17) is 3.87 Å². The summed E-state index contributed by atoms with van der Waals surface area (Å²) in [5, 5.41) is -0.753. The first-order valence-corrected chi connectivity index (χ1v) is 13.6. The molecule has 8 heteroatoms. The molecule has 2 aliphatic carbocycles. The van der Waals surface area contributed by atoms with Gasteiger partial charge in [0.2, 0.25) is 8.32 Å². The van der Waals surface area contributed by atoms with Crippen LogP contribution in [0.15, 0.2) is 30.3 Å². The lowest BCUT2D eigenvalue weighted by Crippen LogP contribution is -2.62. The van der Waals surface area contributed by atoms with E-state index in [-0.39, 0.29) is 11.1 Å². The first-order chi connectivity index (χ1) is 13.0. The van der Waals surface area contributed by atoms with Gasteiger partial charge in [-0.05, 0) is 16.6 Å². The lowest BCUT2D eigenvalue weighted by molar-refractivity contribution is -0.0507. The summed E-state index contributed by atoms with van der Waals surface area (Å²) in [6.07, 6.45) is 6.72. The maximum atomic E-state index is 13.4. The van der Waals surface area contributed by atoms with Gasteiger partial charge in [-0.3, -0.25) is 0 Å². The molecule has 0 aliphatic heterocycles. The summed E-state index contributed by atoms with van der Waals surface area (Å²) in [5.41, 5.74) is -4.68. The average molecular weight is 435 g/mol. The van der Waals surface area contributed by atoms with Gasteiger partial charge in [0.15, 0.2) is 0 Å². The van der Waals surface area contributed by atoms with Gasteiger partial charge in [-0.15, -0.1) is 0 Å². The molecule has 0 N–H and O–H groups in total. The molecule has 1 aromatic rings. The van der Waals surface area contributed by atoms with Crippen LogP contribution < -0.4 is 0 Å². The second-order valence-corrected chi connectivity index (χ2v) is 15.2. The van der Waals surface area contributed by atoms with E-state index in [2.05, 4.69) is 0 Å². The van der Waals surface area contributed by atoms with Crippen molar-refractivity contribution in [2.75, 3.05) is 0 Å². The Morgan fingerprint density at radius 3 is 1.71 bits per heavy atom. The highest BCUT2D eigenvalue weighted by molar-refractivity contribution is 7.88. The van der Waals surface area contributed by atoms with Crippen LogP contribution in [0.3, 0.4) is 0 Å². The number of hydrogen-bond donors (Lipinski definition) is 0. The Balaban J connectivity index is 2.21. The van der Waals surface area contributed by atoms with Gasteiger partial charge in [-0.1, -0.05) is 95.5 Å². The van der Waals surface area contributed by atoms with Crippen LogP contribution in [0.4, 0.5) is 13.2 Å². The first-order valence-electron chi connectivity index (χ1n) is 10.1. The molecule has 0 aromatic heterocycles. The van der Waals surface area contributed by atoms with Crippen LogP contribution in [-0.2, 0) is 19.0 Å². The minimum absolute atomic E-state index is 0.0806. The Morgan fingerprint density at radius 2 is 1.32 bits per heavy atom. The molecule has 3 nitrogen and oxygen atoms in total. The highest BCUT2D eigenvalue weighted by Gasteiger charge is 2.65. The van der Waals surface area contributed by atoms with Crippen LogP contribution in [0, 0.1) is 0 Å². The summed E-state index contributed by atoms with van der Waals surface area (Å²) in [4.78, 5) is 0. The maximum absolute atomic E-state index is 13.4. The van der Waals surface area contributed by atoms with Crippen molar-refractivity contribution >= 4 is 18.4 Å². The molecule has 158 valence electrons. The van der Waals surface area contributed by atoms with Crippen LogP contribution >= 0.6 is 0 Å². The quantitative estimate of drug-likeness (QED) is 0.395. The predicted octanol–water partition coefficient (Wildman–Crippen LogP) is 6.20. The summed E-state index contributed by atoms with van der Waals surface area (Å²) in [5.74, 6) is 0. The van der Waals surface area contributed by atoms with Crippen molar-refractivity contribution < 1.29 is 25.5 Å². The van der Waals surface area contributed by atoms with Gasteiger partial charge in [-0.25, -0.2) is 0 Å². The average Bonchev–Trinajstić information content (AvgIpc) is 3.33. The summed E-state index contributed by atoms with van der Waals surface area (Å²) in [6, 6.07) is 9.38. The summed E-state index contributed by atoms with van der Waals surface area (Å²) in [6.45, 7) is 3.83. The normalized spacial score (nSPS) is 20.8. The van der Waals surface area contributed by atoms with E-state index in [0.717, 1.165) is 56.9 Å². The summed E-state index contributed by atoms with van der Waals surface area (Å²) < 4.78 is 70.6. The molecule has 2 saturated carbocycles. The molecule has 0 unspecified atom stereocenters. The number of alkyl halides is 3. The minimum Gasteiger partial charge on any atom is -0.306 e. The highest BCUT2D eigenvalue weighted by atomic mass is 32.2. The van der Waals surface area contributed by atoms with Crippen molar-refractivity contribution in [2.24, 2.45) is 0 Å². The van der Waals surface area contributed by atoms with Crippen molar-refractivity contribution in [2.45, 2.75) is 86.8 Å². The van der Waals surface area contributed by atoms with Crippen molar-refractivity contribution in [1.82, 2.24) is 0 Å². The number of hydrogen-bond acceptors (Lipinski definition) is 3. The molecule has 0 atom stereocenters. The third-order valence-electron chi connectivity index (χ3n) is 6.93. The molecule has 1 aromatic carbocycles. The molecule has 2 fully saturated rings. The Bertz CT molecular complexity index is 750. The fraction of sp³-hybridized carbons (Fsp3) is 0.700. The van der Waals surface area contributed by atoms with Crippen LogP contribution in [0.1, 0.15) is 70.8 Å². The van der Waals surface area contributed by atoms with E-state index >= 15 is 0 Å². The van der Waals surface area contributed by atoms with Crippen molar-refractivity contribution in [1.29, 1.82) is 0 Å². The molecule has 28 heavy (non-hydrogen) atoms. The van der Waals surface area contributed by atoms with Gasteiger partial charge in [-0.2, -0.15) is 21.6 Å². The van der Waals surface area contributed by atoms with Gasteiger partial charge in [0.1, 0.15) is 0 Å². The van der Waals surface area contributed by atoms with Crippen LogP contribution in [0.25, 0.3) is 0 Å². The Hall–Kier alpha value is -0.863. The predicted molar refractivity (Wildman–Crippen MR) is 106 cm³/mol. The van der Waals surface area contributed by atoms with E-state index in [1.165, 1.54) is 0 Å². The molecule has 3 rings (SSSR count). The molecule has 0 amide bonds. The third-order valence-corrected chi connectivity index (χ3v) is 15.3. The highest BCUT2D eigenvalue weighted by Crippen LogP contribution is 2.59. The van der Waals surface area contributed by atoms with Crippen molar-refractivity contribution in [3.63, 3.8) is 0 Å². The zero-order chi connectivity index (χ0) is 20.6. The lowest BCUT2D eigenvalue weighted by Gasteiger charge is -2.51. The van der Waals surface area contributed by atoms with Crippen molar-refractivity contribution in [3.8, 4) is 0 Å². The fourth-order valence-corrected chi connectivity index (χ4v) is 15.2. The smallest absolute Gasteiger partial charge is 0.306 e. The number of benzene rings is 1. The molecular weight excluding hydrogens is 405 g/mol. The standard InChI is InChI=1S/C20H29F3O3SSi/c1-19(2,16-10-4-3-5-11-16)28(17-12-6-7-13-17,18-14-8-9-15-18)26-27(24,25)20(21,22)23/h3-5,10-11,17-18H,6-9,12-15H2,1-2H3. The molecular formula is C20H29F3O3SSi. The third kappa shape index (κ3) is 3.67. The SMILES string of the molecule is CC(C)(c1ccccc1)[Si](OS(=O)(=O)C(F)(F)F)(C1CCCC1)C1CCCC1. The summed E-state index contributed by atoms with van der Waals surface area (Å²) in [7, 11) is -9.11. The Kier molecular flexibility index (Phi) is 6.05. The number of halogens is 3. The Morgan fingerprint density at radius 1 is 0.893 bits per heavy atom. The topological polar surface area (TPSA) is 43.4 Å². The maximum Gasteiger partial charge on any atom is 0.522 e. The minimum atomic E-state index is -5.66. The van der Waals surface area contributed by atoms with E-state index in [0.29, 0.717) is 0 Å². The zero-order valence-electron chi connectivity index (χ0n) is 16.5. The van der Waals surface area contributed by atoms with Crippen LogP contribution in [0.5, 0.6) is 0 Å². The number of rotatable bonds is 6. The van der Waals surface area contributed by atoms with Gasteiger partial charge in [0, 0.05) is 5.04 Å². The van der Waals surface area contributed by atoms with E-state index in [1.54, 1.807) is 0 Å². The molecule has 0 spiro atoms. The molecule has 0 bridgehead atoms. The second-order valence-electron chi connectivity index (χ2n) is 8.73. The Labute approximate surface area is 166 Å². The lowest BCUT2D eigenvalue weighted by atomic mass is 10.0. The zero-order valence-corrected chi connectivity index (χ0v) is 18.3. The fourth-order valence-electron chi connectivity index (χ4n) is 5.61. The largest absolute Gasteiger partial charge is 0.522 e. The van der Waals surface area contributed by atoms with Crippen LogP contribution in [0.2, 0.25) is 11.1 Å². The van der Waals surface area contributed by atoms with Gasteiger partial charge >= 0.3 is 15.6 Å². The van der Waals surface area contributed by atoms with Crippen molar-refractivity contribution in [3.05, 3.63) is 35.9 Å². The van der Waals surface area contributed by atoms with E-state index in [1.807, 2.05) is 44.2 Å². The van der Waals surface area contributed by atoms with E-state index < -0.39 is 29.0 Å². The molecule has 0 heterocycles. The molecule has 0 radical (unpaired) electrons. The monoisotopic (exact) mass is 434 g/mol. The molecule has 0 saturated heterocycles. The van der Waals surface area contributed by atoms with Gasteiger partial charge < -0.3 is 3.87 Å².